The van der Waals surface area contributed by atoms with Crippen LogP contribution in [0.3, 0.4) is 0 Å². The molecule has 0 fully saturated rings. The lowest BCUT2D eigenvalue weighted by atomic mass is 9.94. The molecule has 0 saturated heterocycles. The van der Waals surface area contributed by atoms with Gasteiger partial charge in [-0.25, -0.2) is 9.98 Å². The summed E-state index contributed by atoms with van der Waals surface area (Å²) < 4.78 is 11.1. The van der Waals surface area contributed by atoms with Gasteiger partial charge < -0.3 is 24.8 Å². The minimum atomic E-state index is -0.157. The van der Waals surface area contributed by atoms with E-state index in [0.717, 1.165) is 17.9 Å². The summed E-state index contributed by atoms with van der Waals surface area (Å²) in [7, 11) is 0. The molecule has 0 aliphatic carbocycles. The van der Waals surface area contributed by atoms with E-state index in [2.05, 4.69) is 46.7 Å². The first kappa shape index (κ1) is 23.1. The molecule has 0 bridgehead atoms. The highest BCUT2D eigenvalue weighted by atomic mass is 16.4. The van der Waals surface area contributed by atoms with Crippen molar-refractivity contribution < 1.29 is 13.6 Å². The van der Waals surface area contributed by atoms with Crippen molar-refractivity contribution in [2.24, 2.45) is 4.99 Å². The van der Waals surface area contributed by atoms with Crippen LogP contribution in [0.5, 0.6) is 0 Å². The van der Waals surface area contributed by atoms with Crippen LogP contribution in [0.2, 0.25) is 0 Å². The molecular weight excluding hydrogens is 406 g/mol. The van der Waals surface area contributed by atoms with Crippen molar-refractivity contribution in [2.75, 3.05) is 6.54 Å². The Morgan fingerprint density at radius 1 is 1.09 bits per heavy atom. The highest BCUT2D eigenvalue weighted by Crippen LogP contribution is 2.22. The summed E-state index contributed by atoms with van der Waals surface area (Å²) in [5, 5.41) is 9.31. The van der Waals surface area contributed by atoms with E-state index >= 15 is 0 Å². The van der Waals surface area contributed by atoms with Crippen LogP contribution in [-0.2, 0) is 25.0 Å². The summed E-state index contributed by atoms with van der Waals surface area (Å²) in [6, 6.07) is 11.0. The van der Waals surface area contributed by atoms with Crippen molar-refractivity contribution in [3.8, 4) is 0 Å². The van der Waals surface area contributed by atoms with Gasteiger partial charge in [0, 0.05) is 17.5 Å². The topological polar surface area (TPSA) is 105 Å². The van der Waals surface area contributed by atoms with Gasteiger partial charge in [0.15, 0.2) is 5.96 Å². The zero-order valence-electron chi connectivity index (χ0n) is 19.1. The van der Waals surface area contributed by atoms with Crippen LogP contribution in [0.4, 0.5) is 0 Å². The highest BCUT2D eigenvalue weighted by molar-refractivity contribution is 5.94. The average Bonchev–Trinajstić information content (AvgIpc) is 3.46. The van der Waals surface area contributed by atoms with Gasteiger partial charge in [-0.2, -0.15) is 0 Å². The van der Waals surface area contributed by atoms with Gasteiger partial charge in [0.05, 0.1) is 32.1 Å². The molecule has 0 radical (unpaired) electrons. The van der Waals surface area contributed by atoms with E-state index in [1.54, 1.807) is 24.6 Å². The number of aliphatic imine (C=N–C) groups is 1. The normalized spacial score (nSPS) is 11.9. The lowest BCUT2D eigenvalue weighted by Crippen LogP contribution is -2.36. The largest absolute Gasteiger partial charge is 0.467 e. The molecule has 8 heteroatoms. The minimum Gasteiger partial charge on any atom is -0.467 e. The number of oxazole rings is 1. The molecule has 3 aromatic rings. The Labute approximate surface area is 188 Å². The first-order valence-electron chi connectivity index (χ1n) is 10.7. The predicted octanol–water partition coefficient (Wildman–Crippen LogP) is 3.75. The van der Waals surface area contributed by atoms with Crippen LogP contribution in [0.1, 0.15) is 61.0 Å². The molecule has 0 aliphatic heterocycles. The number of carbonyl (C=O) groups is 1. The lowest BCUT2D eigenvalue weighted by Gasteiger charge is -2.13. The first-order valence-corrected chi connectivity index (χ1v) is 10.7. The third kappa shape index (κ3) is 6.73. The number of amides is 1. The van der Waals surface area contributed by atoms with Crippen molar-refractivity contribution in [1.82, 2.24) is 20.9 Å². The van der Waals surface area contributed by atoms with Gasteiger partial charge in [-0.1, -0.05) is 32.9 Å². The van der Waals surface area contributed by atoms with Gasteiger partial charge in [-0.3, -0.25) is 4.79 Å². The molecule has 32 heavy (non-hydrogen) atoms. The number of benzene rings is 1. The van der Waals surface area contributed by atoms with Crippen LogP contribution < -0.4 is 16.0 Å². The number of hydrogen-bond acceptors (Lipinski definition) is 5. The van der Waals surface area contributed by atoms with Crippen LogP contribution in [0, 0.1) is 0 Å². The summed E-state index contributed by atoms with van der Waals surface area (Å²) in [5.74, 6) is 2.65. The fourth-order valence-electron chi connectivity index (χ4n) is 2.90. The third-order valence-corrected chi connectivity index (χ3v) is 4.66. The molecule has 0 saturated carbocycles. The maximum absolute atomic E-state index is 12.4. The van der Waals surface area contributed by atoms with Gasteiger partial charge in [0.2, 0.25) is 5.89 Å². The second kappa shape index (κ2) is 10.7. The van der Waals surface area contributed by atoms with E-state index in [9.17, 15) is 4.79 Å². The van der Waals surface area contributed by atoms with E-state index in [1.165, 1.54) is 0 Å². The molecule has 0 atom stereocenters. The number of rotatable bonds is 8. The molecule has 8 nitrogen and oxygen atoms in total. The second-order valence-electron chi connectivity index (χ2n) is 8.38. The number of furan rings is 1. The van der Waals surface area contributed by atoms with E-state index in [1.807, 2.05) is 31.2 Å². The molecule has 0 unspecified atom stereocenters. The minimum absolute atomic E-state index is 0.0842. The van der Waals surface area contributed by atoms with Crippen LogP contribution >= 0.6 is 0 Å². The fourth-order valence-corrected chi connectivity index (χ4v) is 2.90. The molecule has 0 spiro atoms. The highest BCUT2D eigenvalue weighted by Gasteiger charge is 2.19. The van der Waals surface area contributed by atoms with Crippen molar-refractivity contribution in [2.45, 2.75) is 52.7 Å². The Bertz CT molecular complexity index is 1030. The maximum Gasteiger partial charge on any atom is 0.251 e. The molecule has 2 aromatic heterocycles. The van der Waals surface area contributed by atoms with E-state index in [4.69, 9.17) is 8.83 Å². The molecule has 3 rings (SSSR count). The van der Waals surface area contributed by atoms with Crippen molar-refractivity contribution in [3.63, 3.8) is 0 Å². The van der Waals surface area contributed by atoms with Gasteiger partial charge in [-0.05, 0) is 36.8 Å². The predicted molar refractivity (Wildman–Crippen MR) is 123 cm³/mol. The quantitative estimate of drug-likeness (QED) is 0.366. The zero-order chi connectivity index (χ0) is 23.0. The first-order chi connectivity index (χ1) is 15.3. The Morgan fingerprint density at radius 3 is 2.62 bits per heavy atom. The number of aromatic nitrogens is 1. The Morgan fingerprint density at radius 2 is 1.94 bits per heavy atom. The second-order valence-corrected chi connectivity index (χ2v) is 8.38. The van der Waals surface area contributed by atoms with Crippen LogP contribution in [0.25, 0.3) is 0 Å². The molecule has 1 aromatic carbocycles. The summed E-state index contributed by atoms with van der Waals surface area (Å²) in [6.07, 6.45) is 3.35. The van der Waals surface area contributed by atoms with Gasteiger partial charge in [-0.15, -0.1) is 0 Å². The Hall–Kier alpha value is -3.55. The SMILES string of the molecule is CCNC(=NCc1cccc(C(=O)NCc2ccco2)c1)NCc1ncc(C(C)(C)C)o1. The average molecular weight is 438 g/mol. The van der Waals surface area contributed by atoms with Gasteiger partial charge >= 0.3 is 0 Å². The molecule has 170 valence electrons. The number of carbonyl (C=O) groups excluding carboxylic acids is 1. The monoisotopic (exact) mass is 437 g/mol. The summed E-state index contributed by atoms with van der Waals surface area (Å²) in [5.41, 5.74) is 1.43. The number of nitrogens with one attached hydrogen (secondary N) is 3. The van der Waals surface area contributed by atoms with E-state index in [0.29, 0.717) is 42.8 Å². The van der Waals surface area contributed by atoms with E-state index < -0.39 is 0 Å². The van der Waals surface area contributed by atoms with Crippen LogP contribution in [0.15, 0.2) is 62.7 Å². The summed E-state index contributed by atoms with van der Waals surface area (Å²) in [6.45, 7) is 10.2. The third-order valence-electron chi connectivity index (χ3n) is 4.66. The maximum atomic E-state index is 12.4. The molecule has 0 aliphatic rings. The van der Waals surface area contributed by atoms with Gasteiger partial charge in [0.25, 0.3) is 5.91 Å². The van der Waals surface area contributed by atoms with E-state index in [-0.39, 0.29) is 11.3 Å². The van der Waals surface area contributed by atoms with Gasteiger partial charge in [0.1, 0.15) is 11.5 Å². The molecule has 2 heterocycles. The fraction of sp³-hybridized carbons (Fsp3) is 0.375. The number of hydrogen-bond donors (Lipinski definition) is 3. The molecular formula is C24H31N5O3. The summed E-state index contributed by atoms with van der Waals surface area (Å²) >= 11 is 0. The standard InChI is InChI=1S/C24H31N5O3/c1-5-25-23(29-16-21-26-15-20(32-21)24(2,3)4)28-13-17-8-6-9-18(12-17)22(30)27-14-19-10-7-11-31-19/h6-12,15H,5,13-14,16H2,1-4H3,(H,27,30)(H2,25,28,29). The van der Waals surface area contributed by atoms with Crippen molar-refractivity contribution >= 4 is 11.9 Å². The Kier molecular flexibility index (Phi) is 7.70. The summed E-state index contributed by atoms with van der Waals surface area (Å²) in [4.78, 5) is 21.4. The number of guanidine groups is 1. The number of nitrogens with zero attached hydrogens (tertiary/aromatic N) is 2. The van der Waals surface area contributed by atoms with Crippen LogP contribution in [-0.4, -0.2) is 23.4 Å². The Balaban J connectivity index is 1.58. The smallest absolute Gasteiger partial charge is 0.251 e. The molecule has 3 N–H and O–H groups in total. The van der Waals surface area contributed by atoms with Crippen molar-refractivity contribution in [1.29, 1.82) is 0 Å². The zero-order valence-corrected chi connectivity index (χ0v) is 19.1. The lowest BCUT2D eigenvalue weighted by molar-refractivity contribution is 0.0948. The van der Waals surface area contributed by atoms with Crippen molar-refractivity contribution in [3.05, 3.63) is 77.4 Å². The molecule has 1 amide bonds.